The number of rotatable bonds is 2. The summed E-state index contributed by atoms with van der Waals surface area (Å²) in [4.78, 5) is 10.1. The molecule has 1 aliphatic carbocycles. The third kappa shape index (κ3) is 2.54. The van der Waals surface area contributed by atoms with Crippen LogP contribution in [0.4, 0.5) is 0 Å². The van der Waals surface area contributed by atoms with E-state index in [1.165, 1.54) is 13.2 Å². The Morgan fingerprint density at radius 1 is 1.69 bits per heavy atom. The number of halogens is 2. The summed E-state index contributed by atoms with van der Waals surface area (Å²) < 4.78 is 4.50. The Morgan fingerprint density at radius 2 is 2.31 bits per heavy atom. The maximum Gasteiger partial charge on any atom is 0.306 e. The molecule has 0 fully saturated rings. The van der Waals surface area contributed by atoms with E-state index in [2.05, 4.69) is 31.9 Å². The number of allylic oxidation sites excluding steroid dienone is 3. The van der Waals surface area contributed by atoms with Crippen molar-refractivity contribution in [2.45, 2.75) is 9.65 Å². The first kappa shape index (κ1) is 10.7. The second kappa shape index (κ2) is 3.79. The summed E-state index contributed by atoms with van der Waals surface area (Å²) in [5.41, 5.74) is 0.0111. The number of methoxy groups -OCH3 is 1. The lowest BCUT2D eigenvalue weighted by Crippen LogP contribution is -2.17. The second-order valence-electron chi connectivity index (χ2n) is 2.54. The maximum absolute atomic E-state index is 10.5. The van der Waals surface area contributed by atoms with Gasteiger partial charge in [-0.15, -0.1) is 0 Å². The van der Waals surface area contributed by atoms with E-state index < -0.39 is 8.16 Å². The van der Waals surface area contributed by atoms with E-state index in [0.29, 0.717) is 12.2 Å². The molecule has 72 valence electrons. The van der Waals surface area contributed by atoms with Crippen LogP contribution in [-0.4, -0.2) is 15.3 Å². The minimum atomic E-state index is -0.454. The van der Waals surface area contributed by atoms with Crippen molar-refractivity contribution in [3.8, 4) is 0 Å². The van der Waals surface area contributed by atoms with Crippen LogP contribution in [0.5, 0.6) is 0 Å². The van der Waals surface area contributed by atoms with Crippen molar-refractivity contribution in [1.29, 1.82) is 0 Å². The summed E-state index contributed by atoms with van der Waals surface area (Å²) in [6, 6.07) is 0. The molecule has 1 rings (SSSR count). The van der Waals surface area contributed by atoms with Gasteiger partial charge < -0.3 is 4.74 Å². The van der Waals surface area contributed by atoms with Crippen LogP contribution in [0, 0.1) is 10.1 Å². The molecule has 0 atom stereocenters. The fraction of sp³-hybridized carbons (Fsp3) is 0.429. The van der Waals surface area contributed by atoms with Crippen molar-refractivity contribution in [2.75, 3.05) is 7.11 Å². The number of hydrogen-bond donors (Lipinski definition) is 0. The van der Waals surface area contributed by atoms with Gasteiger partial charge in [0.25, 0.3) is 0 Å². The third-order valence-corrected chi connectivity index (χ3v) is 2.70. The molecule has 0 aromatic rings. The third-order valence-electron chi connectivity index (χ3n) is 1.61. The van der Waals surface area contributed by atoms with Gasteiger partial charge in [0.2, 0.25) is 0 Å². The normalized spacial score (nSPS) is 20.2. The van der Waals surface area contributed by atoms with Crippen molar-refractivity contribution < 1.29 is 9.66 Å². The van der Waals surface area contributed by atoms with E-state index in [4.69, 9.17) is 4.74 Å². The number of ether oxygens (including phenoxy) is 1. The van der Waals surface area contributed by atoms with Crippen molar-refractivity contribution in [2.24, 2.45) is 0 Å². The molecule has 6 heteroatoms. The summed E-state index contributed by atoms with van der Waals surface area (Å²) in [6.45, 7) is 0. The topological polar surface area (TPSA) is 52.4 Å². The van der Waals surface area contributed by atoms with Crippen LogP contribution in [0.2, 0.25) is 0 Å². The van der Waals surface area contributed by atoms with Crippen LogP contribution in [0.15, 0.2) is 23.6 Å². The molecule has 0 heterocycles. The van der Waals surface area contributed by atoms with Gasteiger partial charge in [-0.05, 0) is 6.08 Å². The first-order valence-corrected chi connectivity index (χ1v) is 5.03. The molecule has 13 heavy (non-hydrogen) atoms. The van der Waals surface area contributed by atoms with Gasteiger partial charge in [-0.25, -0.2) is 0 Å². The highest BCUT2D eigenvalue weighted by Gasteiger charge is 2.31. The average Bonchev–Trinajstić information content (AvgIpc) is 2.01. The lowest BCUT2D eigenvalue weighted by atomic mass is 10.1. The van der Waals surface area contributed by atoms with Gasteiger partial charge >= 0.3 is 5.70 Å². The Hall–Kier alpha value is -0.360. The number of alkyl halides is 2. The molecule has 0 bridgehead atoms. The SMILES string of the molecule is COC1=C([N+](=O)[O-])C=CC(Br)(Br)C1. The molecular formula is C7H7Br2NO3. The number of hydrogen-bond acceptors (Lipinski definition) is 3. The Labute approximate surface area is 92.0 Å². The fourth-order valence-corrected chi connectivity index (χ4v) is 1.77. The van der Waals surface area contributed by atoms with E-state index in [9.17, 15) is 10.1 Å². The zero-order chi connectivity index (χ0) is 10.1. The number of nitro groups is 1. The van der Waals surface area contributed by atoms with E-state index in [1.807, 2.05) is 0 Å². The Balaban J connectivity index is 3.01. The van der Waals surface area contributed by atoms with Crippen molar-refractivity contribution in [3.05, 3.63) is 33.7 Å². The van der Waals surface area contributed by atoms with Gasteiger partial charge in [-0.1, -0.05) is 31.9 Å². The van der Waals surface area contributed by atoms with Crippen LogP contribution in [0.3, 0.4) is 0 Å². The van der Waals surface area contributed by atoms with Gasteiger partial charge in [-0.2, -0.15) is 0 Å². The molecule has 0 amide bonds. The first-order valence-electron chi connectivity index (χ1n) is 3.45. The summed E-state index contributed by atoms with van der Waals surface area (Å²) >= 11 is 6.69. The molecule has 0 saturated heterocycles. The van der Waals surface area contributed by atoms with Gasteiger partial charge in [0.15, 0.2) is 5.76 Å². The Kier molecular flexibility index (Phi) is 3.13. The summed E-state index contributed by atoms with van der Waals surface area (Å²) in [5.74, 6) is 0.362. The van der Waals surface area contributed by atoms with Gasteiger partial charge in [0, 0.05) is 12.5 Å². The standard InChI is InChI=1S/C7H7Br2NO3/c1-13-6-4-7(8,9)3-2-5(6)10(11)12/h2-3H,4H2,1H3. The highest BCUT2D eigenvalue weighted by Crippen LogP contribution is 2.39. The molecule has 0 radical (unpaired) electrons. The molecule has 0 aromatic heterocycles. The highest BCUT2D eigenvalue weighted by molar-refractivity contribution is 9.25. The minimum absolute atomic E-state index is 0.0111. The summed E-state index contributed by atoms with van der Waals surface area (Å²) in [6.07, 6.45) is 3.51. The molecular weight excluding hydrogens is 306 g/mol. The minimum Gasteiger partial charge on any atom is -0.494 e. The second-order valence-corrected chi connectivity index (χ2v) is 6.44. The van der Waals surface area contributed by atoms with Crippen molar-refractivity contribution in [3.63, 3.8) is 0 Å². The number of nitrogens with zero attached hydrogens (tertiary/aromatic N) is 1. The molecule has 0 N–H and O–H groups in total. The molecule has 0 spiro atoms. The van der Waals surface area contributed by atoms with Crippen LogP contribution >= 0.6 is 31.9 Å². The zero-order valence-corrected chi connectivity index (χ0v) is 9.96. The predicted molar refractivity (Wildman–Crippen MR) is 55.4 cm³/mol. The van der Waals surface area contributed by atoms with E-state index in [-0.39, 0.29) is 5.70 Å². The van der Waals surface area contributed by atoms with Crippen LogP contribution in [-0.2, 0) is 4.74 Å². The lowest BCUT2D eigenvalue weighted by molar-refractivity contribution is -0.422. The van der Waals surface area contributed by atoms with Crippen LogP contribution in [0.1, 0.15) is 6.42 Å². The van der Waals surface area contributed by atoms with Crippen LogP contribution in [0.25, 0.3) is 0 Å². The zero-order valence-electron chi connectivity index (χ0n) is 6.79. The van der Waals surface area contributed by atoms with Gasteiger partial charge in [0.05, 0.1) is 12.0 Å². The van der Waals surface area contributed by atoms with Gasteiger partial charge in [0.1, 0.15) is 3.23 Å². The summed E-state index contributed by atoms with van der Waals surface area (Å²) in [5, 5.41) is 10.5. The van der Waals surface area contributed by atoms with E-state index in [1.54, 1.807) is 6.08 Å². The Bertz CT molecular complexity index is 296. The Morgan fingerprint density at radius 3 is 2.77 bits per heavy atom. The molecule has 0 aliphatic heterocycles. The lowest BCUT2D eigenvalue weighted by Gasteiger charge is -2.20. The van der Waals surface area contributed by atoms with E-state index >= 15 is 0 Å². The average molecular weight is 313 g/mol. The van der Waals surface area contributed by atoms with E-state index in [0.717, 1.165) is 0 Å². The quantitative estimate of drug-likeness (QED) is 0.447. The van der Waals surface area contributed by atoms with Gasteiger partial charge in [-0.3, -0.25) is 10.1 Å². The largest absolute Gasteiger partial charge is 0.494 e. The fourth-order valence-electron chi connectivity index (χ4n) is 0.997. The molecule has 0 aromatic carbocycles. The molecule has 0 unspecified atom stereocenters. The van der Waals surface area contributed by atoms with Crippen molar-refractivity contribution in [1.82, 2.24) is 0 Å². The molecule has 1 aliphatic rings. The van der Waals surface area contributed by atoms with Crippen molar-refractivity contribution >= 4 is 31.9 Å². The monoisotopic (exact) mass is 311 g/mol. The molecule has 4 nitrogen and oxygen atoms in total. The summed E-state index contributed by atoms with van der Waals surface area (Å²) in [7, 11) is 1.42. The smallest absolute Gasteiger partial charge is 0.306 e. The predicted octanol–water partition coefficient (Wildman–Crippen LogP) is 2.57. The first-order chi connectivity index (χ1) is 5.96. The van der Waals surface area contributed by atoms with Crippen LogP contribution < -0.4 is 0 Å². The maximum atomic E-state index is 10.5. The molecule has 0 saturated carbocycles. The highest BCUT2D eigenvalue weighted by atomic mass is 79.9.